The molecule has 0 saturated carbocycles. The number of carbonyl (C=O) groups is 1. The summed E-state index contributed by atoms with van der Waals surface area (Å²) in [4.78, 5) is 27.8. The maximum absolute atomic E-state index is 12.1. The van der Waals surface area contributed by atoms with Crippen molar-refractivity contribution in [3.8, 4) is 0 Å². The molecule has 80 valence electrons. The highest BCUT2D eigenvalue weighted by Gasteiger charge is 2.28. The molecular formula is C11H9N3O2. The molecule has 2 heterocycles. The minimum Gasteiger partial charge on any atom is -0.294 e. The zero-order valence-electron chi connectivity index (χ0n) is 8.60. The van der Waals surface area contributed by atoms with Gasteiger partial charge in [0, 0.05) is 0 Å². The lowest BCUT2D eigenvalue weighted by molar-refractivity contribution is -0.117. The maximum Gasteiger partial charge on any atom is 0.263 e. The Hall–Kier alpha value is -2.17. The number of nitrogens with zero attached hydrogens (tertiary/aromatic N) is 2. The van der Waals surface area contributed by atoms with E-state index in [1.165, 1.54) is 4.57 Å². The van der Waals surface area contributed by atoms with Crippen LogP contribution in [-0.2, 0) is 4.79 Å². The van der Waals surface area contributed by atoms with Crippen LogP contribution < -0.4 is 10.9 Å². The molecule has 0 spiro atoms. The maximum atomic E-state index is 12.1. The van der Waals surface area contributed by atoms with Crippen LogP contribution in [0.1, 0.15) is 13.0 Å². The first-order valence-corrected chi connectivity index (χ1v) is 5.00. The Morgan fingerprint density at radius 2 is 2.06 bits per heavy atom. The third kappa shape index (κ3) is 1.02. The highest BCUT2D eigenvalue weighted by atomic mass is 16.2. The Labute approximate surface area is 90.7 Å². The van der Waals surface area contributed by atoms with Crippen LogP contribution in [0.3, 0.4) is 0 Å². The quantitative estimate of drug-likeness (QED) is 0.710. The topological polar surface area (TPSA) is 64.0 Å². The van der Waals surface area contributed by atoms with Gasteiger partial charge >= 0.3 is 0 Å². The van der Waals surface area contributed by atoms with Gasteiger partial charge in [-0.2, -0.15) is 0 Å². The molecule has 1 aromatic carbocycles. The molecule has 16 heavy (non-hydrogen) atoms. The summed E-state index contributed by atoms with van der Waals surface area (Å²) >= 11 is 0. The van der Waals surface area contributed by atoms with Crippen molar-refractivity contribution in [3.63, 3.8) is 0 Å². The lowest BCUT2D eigenvalue weighted by atomic mass is 10.2. The molecule has 1 aliphatic rings. The van der Waals surface area contributed by atoms with Gasteiger partial charge in [0.15, 0.2) is 0 Å². The number of anilines is 1. The van der Waals surface area contributed by atoms with Crippen molar-refractivity contribution < 1.29 is 4.79 Å². The lowest BCUT2D eigenvalue weighted by Crippen LogP contribution is -2.22. The Morgan fingerprint density at radius 3 is 2.88 bits per heavy atom. The highest BCUT2D eigenvalue weighted by molar-refractivity contribution is 5.97. The molecule has 1 N–H and O–H groups in total. The van der Waals surface area contributed by atoms with Crippen molar-refractivity contribution >= 4 is 22.8 Å². The van der Waals surface area contributed by atoms with Gasteiger partial charge in [-0.3, -0.25) is 19.5 Å². The monoisotopic (exact) mass is 215 g/mol. The first kappa shape index (κ1) is 9.08. The van der Waals surface area contributed by atoms with Crippen molar-refractivity contribution in [2.75, 3.05) is 5.32 Å². The predicted molar refractivity (Wildman–Crippen MR) is 59.3 cm³/mol. The summed E-state index contributed by atoms with van der Waals surface area (Å²) in [7, 11) is 0. The van der Waals surface area contributed by atoms with Crippen molar-refractivity contribution in [3.05, 3.63) is 34.6 Å². The van der Waals surface area contributed by atoms with Gasteiger partial charge < -0.3 is 0 Å². The number of carbonyl (C=O) groups excluding carboxylic acids is 1. The minimum atomic E-state index is -0.486. The van der Waals surface area contributed by atoms with Gasteiger partial charge in [-0.1, -0.05) is 12.1 Å². The molecule has 0 aliphatic carbocycles. The summed E-state index contributed by atoms with van der Waals surface area (Å²) in [5.74, 6) is 0.140. The molecular weight excluding hydrogens is 206 g/mol. The summed E-state index contributed by atoms with van der Waals surface area (Å²) in [5, 5.41) is 3.13. The van der Waals surface area contributed by atoms with Crippen LogP contribution in [0.25, 0.3) is 10.9 Å². The first-order valence-electron chi connectivity index (χ1n) is 5.00. The molecule has 1 atom stereocenters. The molecule has 0 saturated heterocycles. The second-order valence-electron chi connectivity index (χ2n) is 3.79. The van der Waals surface area contributed by atoms with Crippen LogP contribution in [0.2, 0.25) is 0 Å². The van der Waals surface area contributed by atoms with Gasteiger partial charge in [0.1, 0.15) is 6.04 Å². The van der Waals surface area contributed by atoms with E-state index < -0.39 is 6.04 Å². The second-order valence-corrected chi connectivity index (χ2v) is 3.79. The molecule has 0 fully saturated rings. The van der Waals surface area contributed by atoms with Gasteiger partial charge in [0.2, 0.25) is 11.9 Å². The first-order chi connectivity index (χ1) is 7.68. The zero-order valence-corrected chi connectivity index (χ0v) is 8.60. The molecule has 1 amide bonds. The van der Waals surface area contributed by atoms with Crippen LogP contribution in [0, 0.1) is 0 Å². The van der Waals surface area contributed by atoms with Crippen molar-refractivity contribution in [1.29, 1.82) is 0 Å². The van der Waals surface area contributed by atoms with E-state index in [1.807, 2.05) is 6.07 Å². The fourth-order valence-electron chi connectivity index (χ4n) is 1.93. The SMILES string of the molecule is CC1C(=O)Nc2nc3ccccc3c(=O)n21. The summed E-state index contributed by atoms with van der Waals surface area (Å²) in [6.07, 6.45) is 0. The largest absolute Gasteiger partial charge is 0.294 e. The van der Waals surface area contributed by atoms with Crippen LogP contribution in [-0.4, -0.2) is 15.5 Å². The van der Waals surface area contributed by atoms with Gasteiger partial charge in [-0.25, -0.2) is 4.98 Å². The lowest BCUT2D eigenvalue weighted by Gasteiger charge is -2.05. The fourth-order valence-corrected chi connectivity index (χ4v) is 1.93. The number of rotatable bonds is 0. The van der Waals surface area contributed by atoms with Gasteiger partial charge in [0.25, 0.3) is 5.56 Å². The molecule has 5 nitrogen and oxygen atoms in total. The number of hydrogen-bond acceptors (Lipinski definition) is 3. The number of benzene rings is 1. The average molecular weight is 215 g/mol. The molecule has 1 aliphatic heterocycles. The Morgan fingerprint density at radius 1 is 1.31 bits per heavy atom. The third-order valence-electron chi connectivity index (χ3n) is 2.81. The van der Waals surface area contributed by atoms with Gasteiger partial charge in [-0.05, 0) is 19.1 Å². The summed E-state index contributed by atoms with van der Waals surface area (Å²) in [6.45, 7) is 1.68. The van der Waals surface area contributed by atoms with E-state index in [9.17, 15) is 9.59 Å². The van der Waals surface area contributed by atoms with Crippen LogP contribution >= 0.6 is 0 Å². The van der Waals surface area contributed by atoms with E-state index in [0.717, 1.165) is 0 Å². The number of aromatic nitrogens is 2. The number of amides is 1. The van der Waals surface area contributed by atoms with Crippen LogP contribution in [0.5, 0.6) is 0 Å². The molecule has 1 aromatic heterocycles. The van der Waals surface area contributed by atoms with E-state index in [4.69, 9.17) is 0 Å². The highest BCUT2D eigenvalue weighted by Crippen LogP contribution is 2.21. The van der Waals surface area contributed by atoms with Gasteiger partial charge in [-0.15, -0.1) is 0 Å². The number of hydrogen-bond donors (Lipinski definition) is 1. The van der Waals surface area contributed by atoms with Crippen LogP contribution in [0.15, 0.2) is 29.1 Å². The molecule has 0 bridgehead atoms. The second kappa shape index (κ2) is 2.91. The zero-order chi connectivity index (χ0) is 11.3. The van der Waals surface area contributed by atoms with Crippen molar-refractivity contribution in [2.24, 2.45) is 0 Å². The van der Waals surface area contributed by atoms with E-state index in [-0.39, 0.29) is 11.5 Å². The van der Waals surface area contributed by atoms with E-state index in [0.29, 0.717) is 16.9 Å². The number of para-hydroxylation sites is 1. The standard InChI is InChI=1S/C11H9N3O2/c1-6-9(15)13-11-12-8-5-3-2-4-7(8)10(16)14(6)11/h2-6H,1H3,(H,12,13,15). The van der Waals surface area contributed by atoms with Crippen molar-refractivity contribution in [2.45, 2.75) is 13.0 Å². The number of nitrogens with one attached hydrogen (secondary N) is 1. The van der Waals surface area contributed by atoms with E-state index >= 15 is 0 Å². The smallest absolute Gasteiger partial charge is 0.263 e. The minimum absolute atomic E-state index is 0.175. The third-order valence-corrected chi connectivity index (χ3v) is 2.81. The molecule has 1 unspecified atom stereocenters. The Kier molecular flexibility index (Phi) is 1.65. The molecule has 2 aromatic rings. The normalized spacial score (nSPS) is 18.6. The van der Waals surface area contributed by atoms with Crippen LogP contribution in [0.4, 0.5) is 5.95 Å². The fraction of sp³-hybridized carbons (Fsp3) is 0.182. The molecule has 0 radical (unpaired) electrons. The average Bonchev–Trinajstić information content (AvgIpc) is 2.55. The van der Waals surface area contributed by atoms with Crippen molar-refractivity contribution in [1.82, 2.24) is 9.55 Å². The summed E-state index contributed by atoms with van der Waals surface area (Å²) in [5.41, 5.74) is 0.430. The summed E-state index contributed by atoms with van der Waals surface area (Å²) < 4.78 is 1.39. The predicted octanol–water partition coefficient (Wildman–Crippen LogP) is 0.910. The van der Waals surface area contributed by atoms with E-state index in [1.54, 1.807) is 25.1 Å². The Balaban J connectivity index is 2.45. The molecule has 3 rings (SSSR count). The summed E-state index contributed by atoms with van der Waals surface area (Å²) in [6, 6.07) is 6.58. The Bertz CT molecular complexity index is 660. The van der Waals surface area contributed by atoms with Gasteiger partial charge in [0.05, 0.1) is 10.9 Å². The molecule has 5 heteroatoms. The van der Waals surface area contributed by atoms with E-state index in [2.05, 4.69) is 10.3 Å². The number of fused-ring (bicyclic) bond motifs is 2.